The molecule has 0 aromatic carbocycles. The van der Waals surface area contributed by atoms with Crippen LogP contribution in [0.25, 0.3) is 0 Å². The third-order valence-corrected chi connectivity index (χ3v) is 6.15. The minimum atomic E-state index is 0.506. The maximum Gasteiger partial charge on any atom is 0.0303 e. The fourth-order valence-corrected chi connectivity index (χ4v) is 5.93. The normalized spacial score (nSPS) is 41.4. The van der Waals surface area contributed by atoms with Gasteiger partial charge in [-0.05, 0) is 79.9 Å². The van der Waals surface area contributed by atoms with Crippen molar-refractivity contribution in [3.05, 3.63) is 30.1 Å². The number of rotatable bonds is 3. The van der Waals surface area contributed by atoms with Crippen LogP contribution < -0.4 is 5.73 Å². The molecule has 0 saturated heterocycles. The molecule has 4 aliphatic rings. The highest BCUT2D eigenvalue weighted by Crippen LogP contribution is 2.64. The molecule has 1 atom stereocenters. The van der Waals surface area contributed by atoms with E-state index in [9.17, 15) is 0 Å². The van der Waals surface area contributed by atoms with Gasteiger partial charge in [0.1, 0.15) is 0 Å². The molecule has 2 heteroatoms. The molecule has 0 radical (unpaired) electrons. The zero-order valence-electron chi connectivity index (χ0n) is 11.6. The van der Waals surface area contributed by atoms with E-state index in [2.05, 4.69) is 23.3 Å². The first kappa shape index (κ1) is 11.9. The Hall–Kier alpha value is -0.890. The van der Waals surface area contributed by atoms with Crippen LogP contribution in [0.3, 0.4) is 0 Å². The van der Waals surface area contributed by atoms with Crippen LogP contribution in [0, 0.1) is 23.2 Å². The zero-order valence-corrected chi connectivity index (χ0v) is 11.6. The van der Waals surface area contributed by atoms with Crippen molar-refractivity contribution in [1.29, 1.82) is 0 Å². The van der Waals surface area contributed by atoms with Crippen molar-refractivity contribution in [3.8, 4) is 0 Å². The highest BCUT2D eigenvalue weighted by Gasteiger charge is 2.53. The maximum absolute atomic E-state index is 6.20. The van der Waals surface area contributed by atoms with E-state index in [4.69, 9.17) is 5.73 Å². The van der Waals surface area contributed by atoms with Crippen LogP contribution in [0.15, 0.2) is 24.5 Å². The molecule has 102 valence electrons. The summed E-state index contributed by atoms with van der Waals surface area (Å²) in [6.07, 6.45) is 12.7. The van der Waals surface area contributed by atoms with Crippen LogP contribution in [0.1, 0.15) is 50.0 Å². The summed E-state index contributed by atoms with van der Waals surface area (Å²) in [6, 6.07) is 4.31. The fraction of sp³-hybridized carbons (Fsp3) is 0.706. The molecule has 4 aliphatic carbocycles. The molecule has 2 N–H and O–H groups in total. The lowest BCUT2D eigenvalue weighted by atomic mass is 9.46. The minimum Gasteiger partial charge on any atom is -0.330 e. The minimum absolute atomic E-state index is 0.506. The average molecular weight is 256 g/mol. The summed E-state index contributed by atoms with van der Waals surface area (Å²) in [5.41, 5.74) is 8.09. The molecule has 4 bridgehead atoms. The monoisotopic (exact) mass is 256 g/mol. The molecule has 0 spiro atoms. The molecule has 2 nitrogen and oxygen atoms in total. The lowest BCUT2D eigenvalue weighted by Crippen LogP contribution is -2.50. The van der Waals surface area contributed by atoms with Gasteiger partial charge in [-0.15, -0.1) is 0 Å². The predicted octanol–water partition coefficient (Wildman–Crippen LogP) is 3.34. The summed E-state index contributed by atoms with van der Waals surface area (Å²) < 4.78 is 0. The van der Waals surface area contributed by atoms with E-state index in [1.807, 2.05) is 6.20 Å². The average Bonchev–Trinajstić information content (AvgIpc) is 2.38. The highest BCUT2D eigenvalue weighted by atomic mass is 14.7. The number of pyridine rings is 1. The highest BCUT2D eigenvalue weighted by molar-refractivity contribution is 5.21. The summed E-state index contributed by atoms with van der Waals surface area (Å²) >= 11 is 0. The largest absolute Gasteiger partial charge is 0.330 e. The van der Waals surface area contributed by atoms with Crippen LogP contribution in [0.5, 0.6) is 0 Å². The molecular weight excluding hydrogens is 232 g/mol. The Morgan fingerprint density at radius 2 is 1.79 bits per heavy atom. The van der Waals surface area contributed by atoms with Gasteiger partial charge in [0, 0.05) is 18.3 Å². The van der Waals surface area contributed by atoms with Crippen molar-refractivity contribution in [2.24, 2.45) is 28.9 Å². The van der Waals surface area contributed by atoms with Crippen LogP contribution in [-0.2, 0) is 0 Å². The van der Waals surface area contributed by atoms with Crippen LogP contribution >= 0.6 is 0 Å². The van der Waals surface area contributed by atoms with Gasteiger partial charge in [0.05, 0.1) is 0 Å². The van der Waals surface area contributed by atoms with Crippen LogP contribution in [-0.4, -0.2) is 11.5 Å². The lowest BCUT2D eigenvalue weighted by Gasteiger charge is -2.59. The second-order valence-electron chi connectivity index (χ2n) is 7.35. The first-order valence-electron chi connectivity index (χ1n) is 7.89. The van der Waals surface area contributed by atoms with E-state index in [-0.39, 0.29) is 0 Å². The Bertz CT molecular complexity index is 418. The molecular formula is C17H24N2. The summed E-state index contributed by atoms with van der Waals surface area (Å²) in [6.45, 7) is 0.790. The van der Waals surface area contributed by atoms with Crippen molar-refractivity contribution < 1.29 is 0 Å². The number of aromatic nitrogens is 1. The van der Waals surface area contributed by atoms with Gasteiger partial charge in [0.25, 0.3) is 0 Å². The van der Waals surface area contributed by atoms with Gasteiger partial charge in [-0.1, -0.05) is 6.07 Å². The molecule has 0 amide bonds. The Morgan fingerprint density at radius 1 is 1.16 bits per heavy atom. The van der Waals surface area contributed by atoms with Gasteiger partial charge in [-0.3, -0.25) is 4.98 Å². The standard InChI is InChI=1S/C17H24N2/c18-10-16(15-2-1-3-19-11-15)17-7-12-4-13(8-17)6-14(5-12)9-17/h1-3,11-14,16H,4-10,18H2. The van der Waals surface area contributed by atoms with E-state index in [0.717, 1.165) is 24.3 Å². The number of hydrogen-bond acceptors (Lipinski definition) is 2. The van der Waals surface area contributed by atoms with E-state index < -0.39 is 0 Å². The Morgan fingerprint density at radius 3 is 2.26 bits per heavy atom. The number of hydrogen-bond donors (Lipinski definition) is 1. The van der Waals surface area contributed by atoms with Crippen molar-refractivity contribution in [3.63, 3.8) is 0 Å². The third kappa shape index (κ3) is 1.84. The summed E-state index contributed by atoms with van der Waals surface area (Å²) in [5, 5.41) is 0. The van der Waals surface area contributed by atoms with Gasteiger partial charge in [-0.25, -0.2) is 0 Å². The SMILES string of the molecule is NCC(c1cccnc1)C12CC3CC(CC(C3)C1)C2. The molecule has 1 unspecified atom stereocenters. The van der Waals surface area contributed by atoms with Gasteiger partial charge in [-0.2, -0.15) is 0 Å². The molecule has 1 aromatic heterocycles. The molecule has 4 saturated carbocycles. The van der Waals surface area contributed by atoms with Crippen molar-refractivity contribution in [1.82, 2.24) is 4.98 Å². The topological polar surface area (TPSA) is 38.9 Å². The van der Waals surface area contributed by atoms with Gasteiger partial charge < -0.3 is 5.73 Å². The lowest BCUT2D eigenvalue weighted by molar-refractivity contribution is -0.0671. The van der Waals surface area contributed by atoms with E-state index in [1.165, 1.54) is 44.1 Å². The first-order chi connectivity index (χ1) is 9.29. The quantitative estimate of drug-likeness (QED) is 0.901. The summed E-state index contributed by atoms with van der Waals surface area (Å²) in [5.74, 6) is 3.53. The van der Waals surface area contributed by atoms with E-state index in [0.29, 0.717) is 11.3 Å². The van der Waals surface area contributed by atoms with Crippen molar-refractivity contribution >= 4 is 0 Å². The van der Waals surface area contributed by atoms with Crippen LogP contribution in [0.4, 0.5) is 0 Å². The third-order valence-electron chi connectivity index (χ3n) is 6.15. The molecule has 19 heavy (non-hydrogen) atoms. The molecule has 1 heterocycles. The van der Waals surface area contributed by atoms with Gasteiger partial charge in [0.2, 0.25) is 0 Å². The smallest absolute Gasteiger partial charge is 0.0303 e. The second-order valence-corrected chi connectivity index (χ2v) is 7.35. The Balaban J connectivity index is 1.70. The Kier molecular flexibility index (Phi) is 2.70. The number of nitrogens with two attached hydrogens (primary N) is 1. The van der Waals surface area contributed by atoms with Crippen molar-refractivity contribution in [2.75, 3.05) is 6.54 Å². The molecule has 1 aromatic rings. The van der Waals surface area contributed by atoms with Crippen LogP contribution in [0.2, 0.25) is 0 Å². The van der Waals surface area contributed by atoms with Gasteiger partial charge in [0.15, 0.2) is 0 Å². The van der Waals surface area contributed by atoms with Gasteiger partial charge >= 0.3 is 0 Å². The first-order valence-corrected chi connectivity index (χ1v) is 7.89. The molecule has 0 aliphatic heterocycles. The molecule has 5 rings (SSSR count). The Labute approximate surface area is 115 Å². The predicted molar refractivity (Wildman–Crippen MR) is 76.6 cm³/mol. The van der Waals surface area contributed by atoms with Crippen molar-refractivity contribution in [2.45, 2.75) is 44.4 Å². The summed E-state index contributed by atoms with van der Waals surface area (Å²) in [4.78, 5) is 4.33. The second kappa shape index (κ2) is 4.31. The van der Waals surface area contributed by atoms with E-state index >= 15 is 0 Å². The maximum atomic E-state index is 6.20. The number of nitrogens with zero attached hydrogens (tertiary/aromatic N) is 1. The fourth-order valence-electron chi connectivity index (χ4n) is 5.93. The summed E-state index contributed by atoms with van der Waals surface area (Å²) in [7, 11) is 0. The molecule has 4 fully saturated rings. The zero-order chi connectivity index (χ0) is 12.9. The van der Waals surface area contributed by atoms with E-state index in [1.54, 1.807) is 0 Å².